The highest BCUT2D eigenvalue weighted by atomic mass is 16.5. The molecule has 0 saturated heterocycles. The molecule has 0 saturated carbocycles. The number of terminal acetylenes is 1. The Balaban J connectivity index is 2.19. The van der Waals surface area contributed by atoms with Crippen LogP contribution in [0.15, 0.2) is 103 Å². The van der Waals surface area contributed by atoms with E-state index in [4.69, 9.17) is 11.2 Å². The number of benzene rings is 3. The van der Waals surface area contributed by atoms with Gasteiger partial charge in [0.15, 0.2) is 0 Å². The predicted molar refractivity (Wildman–Crippen MR) is 117 cm³/mol. The van der Waals surface area contributed by atoms with Gasteiger partial charge in [0, 0.05) is 6.42 Å². The van der Waals surface area contributed by atoms with Crippen molar-refractivity contribution < 1.29 is 4.74 Å². The highest BCUT2D eigenvalue weighted by Crippen LogP contribution is 2.41. The lowest BCUT2D eigenvalue weighted by atomic mass is 9.80. The molecule has 0 N–H and O–H groups in total. The standard InChI is InChI=1S/C27H26O/c1-3-5-9-22-26(4-2)28-27(23-16-10-6-11-17-23,24-18-12-7-13-19-24)25-20-14-8-15-21-25/h2,5-21,26H,3,22H2,1H3. The summed E-state index contributed by atoms with van der Waals surface area (Å²) in [6, 6.07) is 31.0. The van der Waals surface area contributed by atoms with Crippen molar-refractivity contribution in [2.45, 2.75) is 31.5 Å². The first kappa shape index (κ1) is 19.7. The lowest BCUT2D eigenvalue weighted by Gasteiger charge is -2.37. The molecule has 0 radical (unpaired) electrons. The van der Waals surface area contributed by atoms with Gasteiger partial charge in [-0.2, -0.15) is 0 Å². The zero-order valence-electron chi connectivity index (χ0n) is 16.3. The minimum Gasteiger partial charge on any atom is -0.345 e. The molecule has 1 nitrogen and oxygen atoms in total. The molecule has 0 aliphatic heterocycles. The molecular formula is C27H26O. The zero-order valence-corrected chi connectivity index (χ0v) is 16.3. The summed E-state index contributed by atoms with van der Waals surface area (Å²) in [6.07, 6.45) is 11.4. The summed E-state index contributed by atoms with van der Waals surface area (Å²) in [5.41, 5.74) is 2.41. The van der Waals surface area contributed by atoms with Crippen molar-refractivity contribution in [2.75, 3.05) is 0 Å². The molecule has 0 heterocycles. The largest absolute Gasteiger partial charge is 0.345 e. The van der Waals surface area contributed by atoms with Gasteiger partial charge in [-0.3, -0.25) is 0 Å². The van der Waals surface area contributed by atoms with Crippen LogP contribution in [0.1, 0.15) is 36.5 Å². The smallest absolute Gasteiger partial charge is 0.145 e. The molecule has 1 heteroatoms. The van der Waals surface area contributed by atoms with Crippen LogP contribution in [0.4, 0.5) is 0 Å². The Morgan fingerprint density at radius 3 is 1.57 bits per heavy atom. The van der Waals surface area contributed by atoms with Gasteiger partial charge in [0.1, 0.15) is 11.7 Å². The number of rotatable bonds is 8. The number of hydrogen-bond donors (Lipinski definition) is 0. The fraction of sp³-hybridized carbons (Fsp3) is 0.185. The molecule has 28 heavy (non-hydrogen) atoms. The van der Waals surface area contributed by atoms with Crippen LogP contribution in [0.3, 0.4) is 0 Å². The van der Waals surface area contributed by atoms with E-state index in [9.17, 15) is 0 Å². The Bertz CT molecular complexity index is 808. The second-order valence-electron chi connectivity index (χ2n) is 6.67. The molecule has 3 rings (SSSR count). The normalized spacial score (nSPS) is 12.6. The lowest BCUT2D eigenvalue weighted by molar-refractivity contribution is -0.0182. The average Bonchev–Trinajstić information content (AvgIpc) is 2.78. The van der Waals surface area contributed by atoms with Gasteiger partial charge in [-0.25, -0.2) is 0 Å². The van der Waals surface area contributed by atoms with E-state index in [-0.39, 0.29) is 6.10 Å². The molecule has 3 aromatic carbocycles. The van der Waals surface area contributed by atoms with Crippen molar-refractivity contribution in [3.63, 3.8) is 0 Å². The first-order chi connectivity index (χ1) is 13.8. The van der Waals surface area contributed by atoms with E-state index in [1.807, 2.05) is 54.6 Å². The second kappa shape index (κ2) is 9.74. The van der Waals surface area contributed by atoms with Gasteiger partial charge in [-0.15, -0.1) is 6.42 Å². The number of hydrogen-bond acceptors (Lipinski definition) is 1. The molecule has 1 atom stereocenters. The fourth-order valence-electron chi connectivity index (χ4n) is 3.47. The summed E-state index contributed by atoms with van der Waals surface area (Å²) in [7, 11) is 0. The Morgan fingerprint density at radius 2 is 1.21 bits per heavy atom. The van der Waals surface area contributed by atoms with E-state index in [2.05, 4.69) is 61.4 Å². The third kappa shape index (κ3) is 4.25. The van der Waals surface area contributed by atoms with Crippen molar-refractivity contribution in [3.05, 3.63) is 120 Å². The lowest BCUT2D eigenvalue weighted by Crippen LogP contribution is -2.36. The summed E-state index contributed by atoms with van der Waals surface area (Å²) < 4.78 is 6.80. The molecule has 0 aliphatic rings. The minimum absolute atomic E-state index is 0.344. The first-order valence-corrected chi connectivity index (χ1v) is 9.76. The van der Waals surface area contributed by atoms with Crippen LogP contribution in [-0.2, 0) is 10.3 Å². The van der Waals surface area contributed by atoms with E-state index in [1.165, 1.54) is 0 Å². The second-order valence-corrected chi connectivity index (χ2v) is 6.67. The molecule has 0 amide bonds. The van der Waals surface area contributed by atoms with Crippen LogP contribution in [0, 0.1) is 12.3 Å². The summed E-state index contributed by atoms with van der Waals surface area (Å²) in [5, 5.41) is 0. The van der Waals surface area contributed by atoms with Gasteiger partial charge in [-0.1, -0.05) is 116 Å². The van der Waals surface area contributed by atoms with Crippen LogP contribution in [0.5, 0.6) is 0 Å². The van der Waals surface area contributed by atoms with Crippen molar-refractivity contribution >= 4 is 0 Å². The molecule has 0 fully saturated rings. The maximum absolute atomic E-state index is 6.80. The Kier molecular flexibility index (Phi) is 6.84. The molecule has 1 unspecified atom stereocenters. The maximum atomic E-state index is 6.80. The summed E-state index contributed by atoms with van der Waals surface area (Å²) in [6.45, 7) is 2.12. The van der Waals surface area contributed by atoms with Gasteiger partial charge in [-0.05, 0) is 23.1 Å². The topological polar surface area (TPSA) is 9.23 Å². The van der Waals surface area contributed by atoms with E-state index in [0.717, 1.165) is 23.1 Å². The quantitative estimate of drug-likeness (QED) is 0.256. The Hall–Kier alpha value is -3.08. The first-order valence-electron chi connectivity index (χ1n) is 9.76. The zero-order chi connectivity index (χ0) is 19.7. The van der Waals surface area contributed by atoms with Crippen LogP contribution in [-0.4, -0.2) is 6.10 Å². The molecule has 0 bridgehead atoms. The number of allylic oxidation sites excluding steroid dienone is 1. The van der Waals surface area contributed by atoms with E-state index in [0.29, 0.717) is 6.42 Å². The van der Waals surface area contributed by atoms with Crippen molar-refractivity contribution in [1.82, 2.24) is 0 Å². The maximum Gasteiger partial charge on any atom is 0.145 e. The Morgan fingerprint density at radius 1 is 0.786 bits per heavy atom. The van der Waals surface area contributed by atoms with Crippen molar-refractivity contribution in [2.24, 2.45) is 0 Å². The van der Waals surface area contributed by atoms with E-state index < -0.39 is 5.60 Å². The van der Waals surface area contributed by atoms with Crippen molar-refractivity contribution in [1.29, 1.82) is 0 Å². The van der Waals surface area contributed by atoms with E-state index >= 15 is 0 Å². The van der Waals surface area contributed by atoms with Gasteiger partial charge >= 0.3 is 0 Å². The third-order valence-electron chi connectivity index (χ3n) is 4.80. The molecule has 3 aromatic rings. The Labute approximate surface area is 168 Å². The molecule has 0 aromatic heterocycles. The van der Waals surface area contributed by atoms with Gasteiger partial charge in [0.05, 0.1) is 0 Å². The molecule has 0 spiro atoms. The predicted octanol–water partition coefficient (Wildman–Crippen LogP) is 6.35. The number of ether oxygens (including phenoxy) is 1. The van der Waals surface area contributed by atoms with Crippen molar-refractivity contribution in [3.8, 4) is 12.3 Å². The highest BCUT2D eigenvalue weighted by molar-refractivity contribution is 5.47. The molecular weight excluding hydrogens is 340 g/mol. The van der Waals surface area contributed by atoms with E-state index in [1.54, 1.807) is 0 Å². The molecule has 140 valence electrons. The van der Waals surface area contributed by atoms with Crippen LogP contribution in [0.25, 0.3) is 0 Å². The third-order valence-corrected chi connectivity index (χ3v) is 4.80. The van der Waals surface area contributed by atoms with Crippen LogP contribution < -0.4 is 0 Å². The van der Waals surface area contributed by atoms with Gasteiger partial charge in [0.2, 0.25) is 0 Å². The average molecular weight is 367 g/mol. The van der Waals surface area contributed by atoms with Crippen LogP contribution >= 0.6 is 0 Å². The van der Waals surface area contributed by atoms with Gasteiger partial charge in [0.25, 0.3) is 0 Å². The van der Waals surface area contributed by atoms with Gasteiger partial charge < -0.3 is 4.74 Å². The SMILES string of the molecule is C#CC(CC=CCC)OC(c1ccccc1)(c1ccccc1)c1ccccc1. The highest BCUT2D eigenvalue weighted by Gasteiger charge is 2.39. The summed E-state index contributed by atoms with van der Waals surface area (Å²) >= 11 is 0. The molecule has 0 aliphatic carbocycles. The minimum atomic E-state index is -0.777. The fourth-order valence-corrected chi connectivity index (χ4v) is 3.47. The monoisotopic (exact) mass is 366 g/mol. The summed E-state index contributed by atoms with van der Waals surface area (Å²) in [4.78, 5) is 0. The van der Waals surface area contributed by atoms with Crippen LogP contribution in [0.2, 0.25) is 0 Å². The summed E-state index contributed by atoms with van der Waals surface area (Å²) in [5.74, 6) is 2.85.